The van der Waals surface area contributed by atoms with Crippen molar-refractivity contribution in [2.75, 3.05) is 5.32 Å². The summed E-state index contributed by atoms with van der Waals surface area (Å²) in [5.41, 5.74) is 3.71. The minimum Gasteiger partial charge on any atom is -0.378 e. The van der Waals surface area contributed by atoms with Gasteiger partial charge in [0.1, 0.15) is 5.82 Å². The quantitative estimate of drug-likeness (QED) is 0.873. The van der Waals surface area contributed by atoms with Gasteiger partial charge in [0.15, 0.2) is 0 Å². The van der Waals surface area contributed by atoms with Gasteiger partial charge in [0.05, 0.1) is 5.69 Å². The maximum absolute atomic E-state index is 13.6. The maximum atomic E-state index is 13.6. The fourth-order valence-electron chi connectivity index (χ4n) is 1.72. The molecule has 88 valence electrons. The van der Waals surface area contributed by atoms with Gasteiger partial charge >= 0.3 is 0 Å². The first kappa shape index (κ1) is 11.6. The number of hydrogen-bond donors (Lipinski definition) is 1. The van der Waals surface area contributed by atoms with E-state index in [-0.39, 0.29) is 5.82 Å². The highest BCUT2D eigenvalue weighted by Gasteiger charge is 2.05. The van der Waals surface area contributed by atoms with Crippen LogP contribution in [0, 0.1) is 19.7 Å². The SMILES string of the molecule is Cc1ccncc1CNc1c(C)cccc1F. The zero-order valence-electron chi connectivity index (χ0n) is 10.00. The summed E-state index contributed by atoms with van der Waals surface area (Å²) >= 11 is 0. The summed E-state index contributed by atoms with van der Waals surface area (Å²) < 4.78 is 13.6. The van der Waals surface area contributed by atoms with Crippen molar-refractivity contribution in [1.29, 1.82) is 0 Å². The van der Waals surface area contributed by atoms with Crippen molar-refractivity contribution in [3.8, 4) is 0 Å². The van der Waals surface area contributed by atoms with E-state index in [1.165, 1.54) is 6.07 Å². The number of pyridine rings is 1. The van der Waals surface area contributed by atoms with Crippen LogP contribution < -0.4 is 5.32 Å². The number of aryl methyl sites for hydroxylation is 2. The van der Waals surface area contributed by atoms with Gasteiger partial charge < -0.3 is 5.32 Å². The van der Waals surface area contributed by atoms with E-state index in [9.17, 15) is 4.39 Å². The summed E-state index contributed by atoms with van der Waals surface area (Å²) in [6.07, 6.45) is 3.56. The van der Waals surface area contributed by atoms with Crippen molar-refractivity contribution in [3.63, 3.8) is 0 Å². The average Bonchev–Trinajstić information content (AvgIpc) is 2.30. The van der Waals surface area contributed by atoms with Crippen LogP contribution in [0.5, 0.6) is 0 Å². The number of rotatable bonds is 3. The average molecular weight is 230 g/mol. The normalized spacial score (nSPS) is 10.3. The van der Waals surface area contributed by atoms with Crippen LogP contribution in [-0.2, 0) is 6.54 Å². The van der Waals surface area contributed by atoms with Crippen LogP contribution in [0.1, 0.15) is 16.7 Å². The molecule has 3 heteroatoms. The number of nitrogens with zero attached hydrogens (tertiary/aromatic N) is 1. The largest absolute Gasteiger partial charge is 0.378 e. The molecule has 0 unspecified atom stereocenters. The lowest BCUT2D eigenvalue weighted by Gasteiger charge is -2.11. The van der Waals surface area contributed by atoms with E-state index in [1.54, 1.807) is 18.5 Å². The molecule has 0 aliphatic rings. The van der Waals surface area contributed by atoms with Crippen LogP contribution in [0.25, 0.3) is 0 Å². The van der Waals surface area contributed by atoms with Gasteiger partial charge in [0.25, 0.3) is 0 Å². The summed E-state index contributed by atoms with van der Waals surface area (Å²) in [6, 6.07) is 7.02. The molecule has 0 aliphatic heterocycles. The standard InChI is InChI=1S/C14H15FN2/c1-10-6-7-16-8-12(10)9-17-14-11(2)4-3-5-13(14)15/h3-8,17H,9H2,1-2H3. The summed E-state index contributed by atoms with van der Waals surface area (Å²) in [6.45, 7) is 4.50. The van der Waals surface area contributed by atoms with Crippen molar-refractivity contribution in [2.45, 2.75) is 20.4 Å². The maximum Gasteiger partial charge on any atom is 0.146 e. The Hall–Kier alpha value is -1.90. The number of hydrogen-bond acceptors (Lipinski definition) is 2. The molecule has 0 amide bonds. The van der Waals surface area contributed by atoms with Crippen molar-refractivity contribution >= 4 is 5.69 Å². The lowest BCUT2D eigenvalue weighted by atomic mass is 10.1. The number of aromatic nitrogens is 1. The molecule has 17 heavy (non-hydrogen) atoms. The molecule has 0 saturated carbocycles. The van der Waals surface area contributed by atoms with Gasteiger partial charge in [-0.05, 0) is 42.7 Å². The van der Waals surface area contributed by atoms with E-state index in [4.69, 9.17) is 0 Å². The topological polar surface area (TPSA) is 24.9 Å². The summed E-state index contributed by atoms with van der Waals surface area (Å²) in [4.78, 5) is 4.07. The van der Waals surface area contributed by atoms with Crippen LogP contribution >= 0.6 is 0 Å². The summed E-state index contributed by atoms with van der Waals surface area (Å²) in [7, 11) is 0. The Morgan fingerprint density at radius 1 is 1.18 bits per heavy atom. The predicted molar refractivity (Wildman–Crippen MR) is 67.4 cm³/mol. The van der Waals surface area contributed by atoms with E-state index in [1.807, 2.05) is 26.0 Å². The number of benzene rings is 1. The van der Waals surface area contributed by atoms with E-state index in [0.29, 0.717) is 12.2 Å². The van der Waals surface area contributed by atoms with Gasteiger partial charge in [-0.25, -0.2) is 4.39 Å². The van der Waals surface area contributed by atoms with Gasteiger partial charge in [-0.15, -0.1) is 0 Å². The number of para-hydroxylation sites is 1. The molecule has 1 aromatic carbocycles. The molecule has 2 rings (SSSR count). The smallest absolute Gasteiger partial charge is 0.146 e. The van der Waals surface area contributed by atoms with Crippen molar-refractivity contribution in [2.24, 2.45) is 0 Å². The lowest BCUT2D eigenvalue weighted by Crippen LogP contribution is -2.04. The highest BCUT2D eigenvalue weighted by molar-refractivity contribution is 5.52. The van der Waals surface area contributed by atoms with Crippen LogP contribution in [-0.4, -0.2) is 4.98 Å². The van der Waals surface area contributed by atoms with Crippen molar-refractivity contribution in [3.05, 3.63) is 59.2 Å². The molecule has 0 saturated heterocycles. The fourth-order valence-corrected chi connectivity index (χ4v) is 1.72. The minimum absolute atomic E-state index is 0.216. The monoisotopic (exact) mass is 230 g/mol. The first-order valence-electron chi connectivity index (χ1n) is 5.57. The van der Waals surface area contributed by atoms with E-state index in [2.05, 4.69) is 10.3 Å². The minimum atomic E-state index is -0.216. The molecular formula is C14H15FN2. The molecular weight excluding hydrogens is 215 g/mol. The third kappa shape index (κ3) is 2.61. The molecule has 0 aliphatic carbocycles. The molecule has 1 aromatic heterocycles. The van der Waals surface area contributed by atoms with Crippen LogP contribution in [0.4, 0.5) is 10.1 Å². The second kappa shape index (κ2) is 4.95. The Morgan fingerprint density at radius 3 is 2.71 bits per heavy atom. The lowest BCUT2D eigenvalue weighted by molar-refractivity contribution is 0.629. The van der Waals surface area contributed by atoms with E-state index in [0.717, 1.165) is 16.7 Å². The van der Waals surface area contributed by atoms with E-state index >= 15 is 0 Å². The molecule has 0 spiro atoms. The van der Waals surface area contributed by atoms with Gasteiger partial charge in [-0.3, -0.25) is 4.98 Å². The second-order valence-corrected chi connectivity index (χ2v) is 4.09. The molecule has 0 radical (unpaired) electrons. The number of anilines is 1. The Balaban J connectivity index is 2.16. The predicted octanol–water partition coefficient (Wildman–Crippen LogP) is 3.45. The molecule has 0 bridgehead atoms. The number of halogens is 1. The third-order valence-corrected chi connectivity index (χ3v) is 2.83. The summed E-state index contributed by atoms with van der Waals surface area (Å²) in [5.74, 6) is -0.216. The molecule has 1 heterocycles. The highest BCUT2D eigenvalue weighted by Crippen LogP contribution is 2.19. The first-order chi connectivity index (χ1) is 8.18. The molecule has 1 N–H and O–H groups in total. The summed E-state index contributed by atoms with van der Waals surface area (Å²) in [5, 5.41) is 3.12. The van der Waals surface area contributed by atoms with Crippen LogP contribution in [0.15, 0.2) is 36.7 Å². The molecule has 2 aromatic rings. The molecule has 0 atom stereocenters. The van der Waals surface area contributed by atoms with Gasteiger partial charge in [-0.1, -0.05) is 12.1 Å². The van der Waals surface area contributed by atoms with Gasteiger partial charge in [0, 0.05) is 18.9 Å². The second-order valence-electron chi connectivity index (χ2n) is 4.09. The Morgan fingerprint density at radius 2 is 2.00 bits per heavy atom. The third-order valence-electron chi connectivity index (χ3n) is 2.83. The molecule has 0 fully saturated rings. The highest BCUT2D eigenvalue weighted by atomic mass is 19.1. The zero-order chi connectivity index (χ0) is 12.3. The Bertz CT molecular complexity index is 503. The van der Waals surface area contributed by atoms with Crippen molar-refractivity contribution in [1.82, 2.24) is 4.98 Å². The van der Waals surface area contributed by atoms with Gasteiger partial charge in [0.2, 0.25) is 0 Å². The molecule has 2 nitrogen and oxygen atoms in total. The van der Waals surface area contributed by atoms with Crippen molar-refractivity contribution < 1.29 is 4.39 Å². The first-order valence-corrected chi connectivity index (χ1v) is 5.57. The zero-order valence-corrected chi connectivity index (χ0v) is 10.00. The van der Waals surface area contributed by atoms with E-state index < -0.39 is 0 Å². The Kier molecular flexibility index (Phi) is 3.38. The fraction of sp³-hybridized carbons (Fsp3) is 0.214. The van der Waals surface area contributed by atoms with Crippen LogP contribution in [0.2, 0.25) is 0 Å². The van der Waals surface area contributed by atoms with Crippen LogP contribution in [0.3, 0.4) is 0 Å². The number of nitrogens with one attached hydrogen (secondary N) is 1. The Labute approximate surface area is 101 Å². The van der Waals surface area contributed by atoms with Gasteiger partial charge in [-0.2, -0.15) is 0 Å².